The Labute approximate surface area is 99.8 Å². The summed E-state index contributed by atoms with van der Waals surface area (Å²) in [7, 11) is 0. The van der Waals surface area contributed by atoms with Crippen molar-refractivity contribution in [3.8, 4) is 11.8 Å². The maximum atomic E-state index is 13.5. The lowest BCUT2D eigenvalue weighted by atomic mass is 9.94. The third-order valence-corrected chi connectivity index (χ3v) is 2.93. The molecule has 2 aliphatic rings. The van der Waals surface area contributed by atoms with E-state index >= 15 is 0 Å². The highest BCUT2D eigenvalue weighted by Crippen LogP contribution is 2.35. The molecule has 1 saturated heterocycles. The highest BCUT2D eigenvalue weighted by molar-refractivity contribution is 5.11. The Hall–Kier alpha value is -1.12. The Balaban J connectivity index is 2.14. The summed E-state index contributed by atoms with van der Waals surface area (Å²) in [6.07, 6.45) is 0.828. The Morgan fingerprint density at radius 1 is 1.47 bits per heavy atom. The van der Waals surface area contributed by atoms with Crippen LogP contribution in [-0.4, -0.2) is 42.8 Å². The van der Waals surface area contributed by atoms with Gasteiger partial charge in [0, 0.05) is 13.1 Å². The van der Waals surface area contributed by atoms with Crippen molar-refractivity contribution in [1.29, 1.82) is 0 Å². The fourth-order valence-corrected chi connectivity index (χ4v) is 2.24. The summed E-state index contributed by atoms with van der Waals surface area (Å²) in [6.45, 7) is 2.80. The maximum Gasteiger partial charge on any atom is 0.369 e. The first-order chi connectivity index (χ1) is 8.05. The van der Waals surface area contributed by atoms with E-state index in [1.54, 1.807) is 24.1 Å². The quantitative estimate of drug-likeness (QED) is 0.699. The molecule has 0 radical (unpaired) electrons. The number of nitrogens with one attached hydrogen (secondary N) is 1. The number of morpholine rings is 1. The van der Waals surface area contributed by atoms with Crippen molar-refractivity contribution in [3.63, 3.8) is 0 Å². The van der Waals surface area contributed by atoms with Crippen LogP contribution in [0.15, 0.2) is 12.3 Å². The molecule has 2 aliphatic heterocycles. The first-order valence-electron chi connectivity index (χ1n) is 5.66. The molecule has 1 fully saturated rings. The molecule has 1 atom stereocenters. The average Bonchev–Trinajstić information content (AvgIpc) is 2.25. The van der Waals surface area contributed by atoms with Gasteiger partial charge in [0.15, 0.2) is 0 Å². The molecule has 0 saturated carbocycles. The molecule has 1 unspecified atom stereocenters. The molecule has 2 heterocycles. The van der Waals surface area contributed by atoms with Crippen LogP contribution in [0.4, 0.5) is 8.78 Å². The summed E-state index contributed by atoms with van der Waals surface area (Å²) < 4.78 is 32.1. The molecule has 0 aromatic heterocycles. The molecule has 2 rings (SSSR count). The Morgan fingerprint density at radius 3 is 2.94 bits per heavy atom. The highest BCUT2D eigenvalue weighted by atomic mass is 19.3. The maximum absolute atomic E-state index is 13.5. The van der Waals surface area contributed by atoms with Crippen molar-refractivity contribution in [2.45, 2.75) is 25.1 Å². The number of alkyl halides is 2. The minimum absolute atomic E-state index is 0.360. The smallest absolute Gasteiger partial charge is 0.369 e. The van der Waals surface area contributed by atoms with Gasteiger partial charge in [-0.25, -0.2) is 0 Å². The zero-order valence-electron chi connectivity index (χ0n) is 9.80. The van der Waals surface area contributed by atoms with Gasteiger partial charge < -0.3 is 10.1 Å². The summed E-state index contributed by atoms with van der Waals surface area (Å²) in [6, 6.07) is 0. The van der Waals surface area contributed by atoms with E-state index in [0.29, 0.717) is 26.1 Å². The minimum Gasteiger partial charge on any atom is -0.391 e. The molecular formula is C12H16F2N2O. The second-order valence-corrected chi connectivity index (χ2v) is 4.41. The van der Waals surface area contributed by atoms with Crippen LogP contribution in [-0.2, 0) is 4.74 Å². The van der Waals surface area contributed by atoms with Crippen LogP contribution in [0, 0.1) is 11.8 Å². The van der Waals surface area contributed by atoms with Crippen LogP contribution in [0.2, 0.25) is 0 Å². The van der Waals surface area contributed by atoms with Crippen molar-refractivity contribution in [1.82, 2.24) is 10.2 Å². The van der Waals surface area contributed by atoms with Crippen molar-refractivity contribution in [3.05, 3.63) is 12.3 Å². The van der Waals surface area contributed by atoms with Crippen LogP contribution >= 0.6 is 0 Å². The molecule has 3 nitrogen and oxygen atoms in total. The molecule has 1 N–H and O–H groups in total. The van der Waals surface area contributed by atoms with Gasteiger partial charge in [-0.2, -0.15) is 8.78 Å². The van der Waals surface area contributed by atoms with Crippen LogP contribution in [0.25, 0.3) is 0 Å². The Bertz CT molecular complexity index is 372. The van der Waals surface area contributed by atoms with E-state index in [1.807, 2.05) is 0 Å². The Morgan fingerprint density at radius 2 is 2.29 bits per heavy atom. The van der Waals surface area contributed by atoms with Crippen LogP contribution < -0.4 is 5.32 Å². The van der Waals surface area contributed by atoms with Crippen molar-refractivity contribution >= 4 is 0 Å². The fraction of sp³-hybridized carbons (Fsp3) is 0.667. The number of ether oxygens (including phenoxy) is 1. The largest absolute Gasteiger partial charge is 0.391 e. The number of rotatable bonds is 1. The predicted molar refractivity (Wildman–Crippen MR) is 60.4 cm³/mol. The zero-order chi connectivity index (χ0) is 12.4. The normalized spacial score (nSPS) is 31.7. The zero-order valence-corrected chi connectivity index (χ0v) is 9.80. The minimum atomic E-state index is -3.10. The molecule has 0 aromatic carbocycles. The van der Waals surface area contributed by atoms with Gasteiger partial charge in [-0.15, -0.1) is 5.92 Å². The summed E-state index contributed by atoms with van der Waals surface area (Å²) in [5.41, 5.74) is -0.873. The number of hydrogen-bond donors (Lipinski definition) is 1. The molecule has 17 heavy (non-hydrogen) atoms. The van der Waals surface area contributed by atoms with Crippen LogP contribution in [0.3, 0.4) is 0 Å². The lowest BCUT2D eigenvalue weighted by Gasteiger charge is -2.45. The third-order valence-electron chi connectivity index (χ3n) is 2.93. The first kappa shape index (κ1) is 12.3. The van der Waals surface area contributed by atoms with Crippen LogP contribution in [0.1, 0.15) is 13.3 Å². The molecule has 0 aromatic rings. The average molecular weight is 242 g/mol. The summed E-state index contributed by atoms with van der Waals surface area (Å²) in [5, 5.41) is 2.99. The second kappa shape index (κ2) is 4.63. The predicted octanol–water partition coefficient (Wildman–Crippen LogP) is 1.18. The van der Waals surface area contributed by atoms with E-state index < -0.39 is 11.7 Å². The second-order valence-electron chi connectivity index (χ2n) is 4.41. The van der Waals surface area contributed by atoms with Gasteiger partial charge in [0.1, 0.15) is 5.60 Å². The topological polar surface area (TPSA) is 24.5 Å². The van der Waals surface area contributed by atoms with E-state index in [0.717, 1.165) is 0 Å². The van der Waals surface area contributed by atoms with Gasteiger partial charge in [-0.3, -0.25) is 4.90 Å². The lowest BCUT2D eigenvalue weighted by Crippen LogP contribution is -2.59. The summed E-state index contributed by atoms with van der Waals surface area (Å²) >= 11 is 0. The monoisotopic (exact) mass is 242 g/mol. The van der Waals surface area contributed by atoms with Crippen molar-refractivity contribution in [2.24, 2.45) is 0 Å². The van der Waals surface area contributed by atoms with Crippen molar-refractivity contribution in [2.75, 3.05) is 26.2 Å². The van der Waals surface area contributed by atoms with E-state index in [-0.39, 0.29) is 6.54 Å². The van der Waals surface area contributed by atoms with Gasteiger partial charge in [0.25, 0.3) is 0 Å². The molecule has 5 heteroatoms. The van der Waals surface area contributed by atoms with Gasteiger partial charge >= 0.3 is 6.11 Å². The van der Waals surface area contributed by atoms with Gasteiger partial charge in [0.2, 0.25) is 0 Å². The van der Waals surface area contributed by atoms with E-state index in [4.69, 9.17) is 4.74 Å². The van der Waals surface area contributed by atoms with Gasteiger partial charge in [0.05, 0.1) is 13.1 Å². The lowest BCUT2D eigenvalue weighted by molar-refractivity contribution is -0.318. The fourth-order valence-electron chi connectivity index (χ4n) is 2.24. The number of hydrogen-bond acceptors (Lipinski definition) is 3. The summed E-state index contributed by atoms with van der Waals surface area (Å²) in [4.78, 5) is 1.65. The standard InChI is InChI=1S/C12H16F2N2O/c1-2-3-8-16-9-11(4-6-15-7-5-11)17-12(13,14)10-16/h4,6,15H,5,7-10H2,1H3. The molecule has 1 spiro atoms. The van der Waals surface area contributed by atoms with E-state index in [9.17, 15) is 8.78 Å². The van der Waals surface area contributed by atoms with E-state index in [2.05, 4.69) is 17.2 Å². The molecule has 0 aliphatic carbocycles. The van der Waals surface area contributed by atoms with Gasteiger partial charge in [-0.1, -0.05) is 5.92 Å². The number of nitrogens with zero attached hydrogens (tertiary/aromatic N) is 1. The van der Waals surface area contributed by atoms with Crippen LogP contribution in [0.5, 0.6) is 0 Å². The molecular weight excluding hydrogens is 226 g/mol. The van der Waals surface area contributed by atoms with Gasteiger partial charge in [-0.05, 0) is 25.6 Å². The van der Waals surface area contributed by atoms with Crippen molar-refractivity contribution < 1.29 is 13.5 Å². The highest BCUT2D eigenvalue weighted by Gasteiger charge is 2.48. The third kappa shape index (κ3) is 2.96. The summed E-state index contributed by atoms with van der Waals surface area (Å²) in [5.74, 6) is 5.55. The first-order valence-corrected chi connectivity index (χ1v) is 5.66. The molecule has 94 valence electrons. The van der Waals surface area contributed by atoms with E-state index in [1.165, 1.54) is 0 Å². The molecule has 0 amide bonds. The Kier molecular flexibility index (Phi) is 3.36. The SMILES string of the molecule is CC#CCN1CC(F)(F)OC2(C=CNCC2)C1. The molecule has 0 bridgehead atoms. The number of halogens is 2.